The highest BCUT2D eigenvalue weighted by molar-refractivity contribution is 6.08. The summed E-state index contributed by atoms with van der Waals surface area (Å²) in [6.07, 6.45) is 7.59. The molecule has 1 N–H and O–H groups in total. The number of fused-ring (bicyclic) bond motifs is 1. The monoisotopic (exact) mass is 362 g/mol. The summed E-state index contributed by atoms with van der Waals surface area (Å²) < 4.78 is 0. The third kappa shape index (κ3) is 4.74. The SMILES string of the molecule is CC(C)CCC(C)NC(=O)C(CC(C)C)N1C(=O)C2CC=CCC2C1=O. The summed E-state index contributed by atoms with van der Waals surface area (Å²) >= 11 is 0. The zero-order chi connectivity index (χ0) is 19.4. The standard InChI is InChI=1S/C21H34N2O3/c1-13(2)10-11-15(5)22-19(24)18(12-14(3)4)23-20(25)16-8-6-7-9-17(16)21(23)26/h6-7,13-18H,8-12H2,1-5H3,(H,22,24). The summed E-state index contributed by atoms with van der Waals surface area (Å²) in [5.74, 6) is -0.291. The van der Waals surface area contributed by atoms with Gasteiger partial charge in [-0.1, -0.05) is 39.8 Å². The Bertz CT molecular complexity index is 542. The molecule has 0 aromatic heterocycles. The largest absolute Gasteiger partial charge is 0.352 e. The molecule has 4 atom stereocenters. The van der Waals surface area contributed by atoms with Crippen LogP contribution in [0, 0.1) is 23.7 Å². The number of hydrogen-bond acceptors (Lipinski definition) is 3. The van der Waals surface area contributed by atoms with Crippen molar-refractivity contribution in [2.75, 3.05) is 0 Å². The fourth-order valence-electron chi connectivity index (χ4n) is 3.90. The molecule has 1 fully saturated rings. The van der Waals surface area contributed by atoms with Crippen LogP contribution in [0.3, 0.4) is 0 Å². The molecule has 2 rings (SSSR count). The molecule has 0 saturated carbocycles. The molecule has 1 aliphatic carbocycles. The van der Waals surface area contributed by atoms with Crippen molar-refractivity contribution in [3.63, 3.8) is 0 Å². The zero-order valence-electron chi connectivity index (χ0n) is 16.8. The van der Waals surface area contributed by atoms with Gasteiger partial charge in [0.05, 0.1) is 11.8 Å². The Hall–Kier alpha value is -1.65. The first-order valence-electron chi connectivity index (χ1n) is 10.0. The van der Waals surface area contributed by atoms with Crippen molar-refractivity contribution in [2.45, 2.75) is 78.8 Å². The topological polar surface area (TPSA) is 66.5 Å². The first kappa shape index (κ1) is 20.7. The molecule has 0 bridgehead atoms. The summed E-state index contributed by atoms with van der Waals surface area (Å²) in [4.78, 5) is 40.0. The molecule has 1 heterocycles. The first-order chi connectivity index (χ1) is 12.2. The highest BCUT2D eigenvalue weighted by Crippen LogP contribution is 2.37. The van der Waals surface area contributed by atoms with Crippen LogP contribution in [0.25, 0.3) is 0 Å². The second-order valence-corrected chi connectivity index (χ2v) is 8.73. The quantitative estimate of drug-likeness (QED) is 0.532. The number of nitrogens with zero attached hydrogens (tertiary/aromatic N) is 1. The molecule has 1 saturated heterocycles. The van der Waals surface area contributed by atoms with E-state index in [2.05, 4.69) is 19.2 Å². The molecule has 0 aromatic rings. The third-order valence-corrected chi connectivity index (χ3v) is 5.42. The third-order valence-electron chi connectivity index (χ3n) is 5.42. The molecule has 0 radical (unpaired) electrons. The number of carbonyl (C=O) groups is 3. The molecular weight excluding hydrogens is 328 g/mol. The average Bonchev–Trinajstić information content (AvgIpc) is 2.82. The van der Waals surface area contributed by atoms with E-state index in [0.717, 1.165) is 12.8 Å². The predicted molar refractivity (Wildman–Crippen MR) is 102 cm³/mol. The maximum absolute atomic E-state index is 12.9. The van der Waals surface area contributed by atoms with Crippen LogP contribution in [0.1, 0.15) is 66.7 Å². The van der Waals surface area contributed by atoms with Crippen molar-refractivity contribution >= 4 is 17.7 Å². The van der Waals surface area contributed by atoms with Crippen LogP contribution in [-0.2, 0) is 14.4 Å². The lowest BCUT2D eigenvalue weighted by atomic mass is 9.85. The number of allylic oxidation sites excluding steroid dienone is 2. The summed E-state index contributed by atoms with van der Waals surface area (Å²) in [7, 11) is 0. The van der Waals surface area contributed by atoms with Gasteiger partial charge in [-0.3, -0.25) is 19.3 Å². The minimum Gasteiger partial charge on any atom is -0.352 e. The molecule has 4 unspecified atom stereocenters. The Labute approximate surface area is 157 Å². The van der Waals surface area contributed by atoms with Gasteiger partial charge in [-0.25, -0.2) is 0 Å². The lowest BCUT2D eigenvalue weighted by Crippen LogP contribution is -2.52. The van der Waals surface area contributed by atoms with Gasteiger partial charge < -0.3 is 5.32 Å². The average molecular weight is 363 g/mol. The first-order valence-corrected chi connectivity index (χ1v) is 10.0. The summed E-state index contributed by atoms with van der Waals surface area (Å²) in [6, 6.07) is -0.654. The zero-order valence-corrected chi connectivity index (χ0v) is 16.8. The molecule has 26 heavy (non-hydrogen) atoms. The van der Waals surface area contributed by atoms with Crippen LogP contribution in [0.5, 0.6) is 0 Å². The van der Waals surface area contributed by atoms with Gasteiger partial charge in [0.1, 0.15) is 6.04 Å². The second-order valence-electron chi connectivity index (χ2n) is 8.73. The lowest BCUT2D eigenvalue weighted by molar-refractivity contribution is -0.148. The maximum atomic E-state index is 12.9. The van der Waals surface area contributed by atoms with Crippen molar-refractivity contribution in [1.29, 1.82) is 0 Å². The molecule has 146 valence electrons. The number of rotatable bonds is 8. The van der Waals surface area contributed by atoms with E-state index in [4.69, 9.17) is 0 Å². The number of hydrogen-bond donors (Lipinski definition) is 1. The van der Waals surface area contributed by atoms with E-state index in [1.807, 2.05) is 32.9 Å². The van der Waals surface area contributed by atoms with E-state index in [-0.39, 0.29) is 41.5 Å². The Morgan fingerprint density at radius 2 is 1.54 bits per heavy atom. The van der Waals surface area contributed by atoms with E-state index in [1.54, 1.807) is 0 Å². The van der Waals surface area contributed by atoms with Crippen LogP contribution in [0.2, 0.25) is 0 Å². The van der Waals surface area contributed by atoms with Gasteiger partial charge >= 0.3 is 0 Å². The van der Waals surface area contributed by atoms with Gasteiger partial charge in [0.15, 0.2) is 0 Å². The summed E-state index contributed by atoms with van der Waals surface area (Å²) in [6.45, 7) is 10.3. The predicted octanol–water partition coefficient (Wildman–Crippen LogP) is 3.29. The van der Waals surface area contributed by atoms with Crippen LogP contribution in [0.4, 0.5) is 0 Å². The van der Waals surface area contributed by atoms with E-state index < -0.39 is 6.04 Å². The van der Waals surface area contributed by atoms with Gasteiger partial charge in [-0.05, 0) is 50.9 Å². The number of carbonyl (C=O) groups excluding carboxylic acids is 3. The smallest absolute Gasteiger partial charge is 0.243 e. The molecule has 0 spiro atoms. The summed E-state index contributed by atoms with van der Waals surface area (Å²) in [5.41, 5.74) is 0. The highest BCUT2D eigenvalue weighted by atomic mass is 16.2. The van der Waals surface area contributed by atoms with Gasteiger partial charge in [-0.15, -0.1) is 0 Å². The Morgan fingerprint density at radius 3 is 2.00 bits per heavy atom. The Balaban J connectivity index is 2.12. The van der Waals surface area contributed by atoms with Crippen LogP contribution in [0.15, 0.2) is 12.2 Å². The molecule has 0 aromatic carbocycles. The van der Waals surface area contributed by atoms with E-state index >= 15 is 0 Å². The molecule has 5 nitrogen and oxygen atoms in total. The number of imide groups is 1. The normalized spacial score (nSPS) is 25.0. The highest BCUT2D eigenvalue weighted by Gasteiger charge is 2.51. The van der Waals surface area contributed by atoms with Crippen molar-refractivity contribution in [3.8, 4) is 0 Å². The van der Waals surface area contributed by atoms with Gasteiger partial charge in [0.2, 0.25) is 17.7 Å². The lowest BCUT2D eigenvalue weighted by Gasteiger charge is -2.28. The van der Waals surface area contributed by atoms with E-state index in [1.165, 1.54) is 4.90 Å². The second kappa shape index (κ2) is 8.83. The van der Waals surface area contributed by atoms with E-state index in [9.17, 15) is 14.4 Å². The minimum absolute atomic E-state index is 0.0383. The molecule has 1 aliphatic heterocycles. The number of likely N-dealkylation sites (tertiary alicyclic amines) is 1. The minimum atomic E-state index is -0.693. The van der Waals surface area contributed by atoms with Crippen molar-refractivity contribution in [1.82, 2.24) is 10.2 Å². The van der Waals surface area contributed by atoms with Gasteiger partial charge in [-0.2, -0.15) is 0 Å². The van der Waals surface area contributed by atoms with Gasteiger partial charge in [0.25, 0.3) is 0 Å². The Morgan fingerprint density at radius 1 is 1.00 bits per heavy atom. The van der Waals surface area contributed by atoms with Crippen molar-refractivity contribution in [3.05, 3.63) is 12.2 Å². The number of nitrogens with one attached hydrogen (secondary N) is 1. The maximum Gasteiger partial charge on any atom is 0.243 e. The van der Waals surface area contributed by atoms with Crippen LogP contribution < -0.4 is 5.32 Å². The Kier molecular flexibility index (Phi) is 7.01. The fraction of sp³-hybridized carbons (Fsp3) is 0.762. The molecular formula is C21H34N2O3. The molecule has 2 aliphatic rings. The molecule has 5 heteroatoms. The fourth-order valence-corrected chi connectivity index (χ4v) is 3.90. The van der Waals surface area contributed by atoms with Crippen LogP contribution >= 0.6 is 0 Å². The van der Waals surface area contributed by atoms with Crippen molar-refractivity contribution < 1.29 is 14.4 Å². The van der Waals surface area contributed by atoms with Crippen molar-refractivity contribution in [2.24, 2.45) is 23.7 Å². The van der Waals surface area contributed by atoms with Crippen LogP contribution in [-0.4, -0.2) is 34.7 Å². The summed E-state index contributed by atoms with van der Waals surface area (Å²) in [5, 5.41) is 3.04. The van der Waals surface area contributed by atoms with E-state index in [0.29, 0.717) is 25.2 Å². The van der Waals surface area contributed by atoms with Gasteiger partial charge in [0, 0.05) is 6.04 Å². The molecule has 3 amide bonds. The number of amides is 3.